The summed E-state index contributed by atoms with van der Waals surface area (Å²) in [4.78, 5) is 0. The smallest absolute Gasteiger partial charge is 0.267 e. The van der Waals surface area contributed by atoms with Gasteiger partial charge in [0.25, 0.3) is 6.43 Å². The van der Waals surface area contributed by atoms with Gasteiger partial charge in [0.2, 0.25) is 0 Å². The van der Waals surface area contributed by atoms with Gasteiger partial charge in [-0.1, -0.05) is 30.9 Å². The van der Waals surface area contributed by atoms with E-state index in [0.29, 0.717) is 25.2 Å². The van der Waals surface area contributed by atoms with Gasteiger partial charge in [-0.15, -0.1) is 0 Å². The molecule has 1 aliphatic rings. The number of hydrogen-bond donors (Lipinski definition) is 0. The largest absolute Gasteiger partial charge is 0.494 e. The molecule has 3 nitrogen and oxygen atoms in total. The predicted octanol–water partition coefficient (Wildman–Crippen LogP) is 6.62. The number of rotatable bonds is 10. The van der Waals surface area contributed by atoms with Crippen molar-refractivity contribution in [3.63, 3.8) is 0 Å². The third kappa shape index (κ3) is 6.03. The maximum Gasteiger partial charge on any atom is 0.267 e. The van der Waals surface area contributed by atoms with E-state index in [-0.39, 0.29) is 24.4 Å². The van der Waals surface area contributed by atoms with Crippen molar-refractivity contribution in [3.05, 3.63) is 71.6 Å². The van der Waals surface area contributed by atoms with Crippen molar-refractivity contribution in [2.45, 2.75) is 51.1 Å². The van der Waals surface area contributed by atoms with Gasteiger partial charge in [0.05, 0.1) is 24.9 Å². The Morgan fingerprint density at radius 3 is 2.52 bits per heavy atom. The third-order valence-corrected chi connectivity index (χ3v) is 5.55. The van der Waals surface area contributed by atoms with Crippen LogP contribution >= 0.6 is 0 Å². The van der Waals surface area contributed by atoms with Crippen LogP contribution in [0.3, 0.4) is 0 Å². The van der Waals surface area contributed by atoms with E-state index in [1.54, 1.807) is 0 Å². The lowest BCUT2D eigenvalue weighted by molar-refractivity contribution is -0.00139. The van der Waals surface area contributed by atoms with Crippen molar-refractivity contribution in [2.24, 2.45) is 0 Å². The van der Waals surface area contributed by atoms with E-state index in [1.807, 2.05) is 31.2 Å². The summed E-state index contributed by atoms with van der Waals surface area (Å²) in [5.74, 6) is -0.574. The molecule has 6 heteroatoms. The Hall–Kier alpha value is -2.47. The Bertz CT molecular complexity index is 844. The number of aryl methyl sites for hydroxylation is 1. The van der Waals surface area contributed by atoms with Crippen LogP contribution in [0.25, 0.3) is 0 Å². The maximum atomic E-state index is 14.6. The number of ether oxygens (including phenoxy) is 3. The summed E-state index contributed by atoms with van der Waals surface area (Å²) in [7, 11) is 0. The summed E-state index contributed by atoms with van der Waals surface area (Å²) in [6.07, 6.45) is 1.75. The molecule has 0 bridgehead atoms. The summed E-state index contributed by atoms with van der Waals surface area (Å²) in [6, 6.07) is 11.0. The van der Waals surface area contributed by atoms with Gasteiger partial charge >= 0.3 is 0 Å². The Morgan fingerprint density at radius 2 is 1.90 bits per heavy atom. The molecule has 0 amide bonds. The first-order valence-corrected chi connectivity index (χ1v) is 10.7. The minimum absolute atomic E-state index is 0.0571. The van der Waals surface area contributed by atoms with Crippen LogP contribution in [0, 0.1) is 5.82 Å². The number of halogens is 3. The monoisotopic (exact) mass is 434 g/mol. The highest BCUT2D eigenvalue weighted by molar-refractivity contribution is 5.41. The maximum absolute atomic E-state index is 14.6. The molecule has 2 aromatic rings. The van der Waals surface area contributed by atoms with E-state index in [0.717, 1.165) is 25.0 Å². The topological polar surface area (TPSA) is 27.7 Å². The van der Waals surface area contributed by atoms with Gasteiger partial charge in [0, 0.05) is 5.92 Å². The molecule has 0 radical (unpaired) electrons. The molecule has 2 aromatic carbocycles. The van der Waals surface area contributed by atoms with Crippen molar-refractivity contribution < 1.29 is 27.4 Å². The minimum atomic E-state index is -2.92. The lowest BCUT2D eigenvalue weighted by Gasteiger charge is -2.30. The molecular weight excluding hydrogens is 405 g/mol. The molecule has 0 saturated carbocycles. The van der Waals surface area contributed by atoms with Gasteiger partial charge in [-0.25, -0.2) is 13.2 Å². The van der Waals surface area contributed by atoms with Crippen LogP contribution in [0.2, 0.25) is 0 Å². The van der Waals surface area contributed by atoms with Crippen molar-refractivity contribution >= 4 is 0 Å². The molecule has 31 heavy (non-hydrogen) atoms. The highest BCUT2D eigenvalue weighted by Gasteiger charge is 2.30. The van der Waals surface area contributed by atoms with E-state index < -0.39 is 17.8 Å². The summed E-state index contributed by atoms with van der Waals surface area (Å²) < 4.78 is 58.5. The van der Waals surface area contributed by atoms with Crippen molar-refractivity contribution in [2.75, 3.05) is 19.8 Å². The number of hydrogen-bond acceptors (Lipinski definition) is 3. The average molecular weight is 434 g/mol. The normalized spacial score (nSPS) is 18.7. The molecule has 2 atom stereocenters. The summed E-state index contributed by atoms with van der Waals surface area (Å²) in [6.45, 7) is 6.44. The molecule has 1 saturated heterocycles. The van der Waals surface area contributed by atoms with Gasteiger partial charge in [-0.3, -0.25) is 0 Å². The predicted molar refractivity (Wildman–Crippen MR) is 115 cm³/mol. The average Bonchev–Trinajstić information content (AvgIpc) is 2.78. The van der Waals surface area contributed by atoms with Crippen molar-refractivity contribution in [3.8, 4) is 11.5 Å². The fourth-order valence-electron chi connectivity index (χ4n) is 3.95. The van der Waals surface area contributed by atoms with Crippen LogP contribution in [-0.2, 0) is 11.2 Å². The SMILES string of the molecule is C=CCOc1ccc(C2CCC(CCc3ccc(OCC)cc3)OC2)c(C(F)F)c1F. The Balaban J connectivity index is 1.58. The lowest BCUT2D eigenvalue weighted by Crippen LogP contribution is -2.26. The Kier molecular flexibility index (Phi) is 8.41. The van der Waals surface area contributed by atoms with Crippen LogP contribution < -0.4 is 9.47 Å². The van der Waals surface area contributed by atoms with Crippen LogP contribution in [-0.4, -0.2) is 25.9 Å². The highest BCUT2D eigenvalue weighted by Crippen LogP contribution is 2.39. The first kappa shape index (κ1) is 23.2. The first-order chi connectivity index (χ1) is 15.0. The zero-order valence-electron chi connectivity index (χ0n) is 17.8. The molecule has 0 N–H and O–H groups in total. The lowest BCUT2D eigenvalue weighted by atomic mass is 9.87. The Morgan fingerprint density at radius 1 is 1.13 bits per heavy atom. The van der Waals surface area contributed by atoms with Gasteiger partial charge in [0.15, 0.2) is 11.6 Å². The zero-order chi connectivity index (χ0) is 22.2. The quantitative estimate of drug-likeness (QED) is 0.393. The standard InChI is InChI=1S/C25H29F3O3/c1-3-15-30-22-14-13-21(23(24(22)26)25(27)28)18-8-12-20(31-16-18)11-7-17-5-9-19(10-6-17)29-4-2/h3,5-6,9-10,13-14,18,20,25H,1,4,7-8,11-12,15-16H2,2H3. The number of alkyl halides is 2. The second kappa shape index (κ2) is 11.2. The number of benzene rings is 2. The van der Waals surface area contributed by atoms with E-state index in [4.69, 9.17) is 14.2 Å². The van der Waals surface area contributed by atoms with Gasteiger partial charge in [-0.2, -0.15) is 0 Å². The molecule has 2 unspecified atom stereocenters. The van der Waals surface area contributed by atoms with Gasteiger partial charge in [-0.05, 0) is 61.9 Å². The summed E-state index contributed by atoms with van der Waals surface area (Å²) in [5.41, 5.74) is 0.928. The van der Waals surface area contributed by atoms with Crippen LogP contribution in [0.4, 0.5) is 13.2 Å². The summed E-state index contributed by atoms with van der Waals surface area (Å²) >= 11 is 0. The van der Waals surface area contributed by atoms with Crippen molar-refractivity contribution in [1.82, 2.24) is 0 Å². The molecule has 1 heterocycles. The second-order valence-electron chi connectivity index (χ2n) is 7.63. The Labute approximate surface area is 181 Å². The molecule has 0 aromatic heterocycles. The van der Waals surface area contributed by atoms with Crippen LogP contribution in [0.1, 0.15) is 55.2 Å². The van der Waals surface area contributed by atoms with E-state index in [2.05, 4.69) is 6.58 Å². The van der Waals surface area contributed by atoms with E-state index in [1.165, 1.54) is 23.8 Å². The van der Waals surface area contributed by atoms with E-state index in [9.17, 15) is 13.2 Å². The molecule has 1 aliphatic heterocycles. The third-order valence-electron chi connectivity index (χ3n) is 5.55. The molecule has 0 aliphatic carbocycles. The van der Waals surface area contributed by atoms with Crippen LogP contribution in [0.5, 0.6) is 11.5 Å². The molecule has 3 rings (SSSR count). The van der Waals surface area contributed by atoms with Gasteiger partial charge < -0.3 is 14.2 Å². The highest BCUT2D eigenvalue weighted by atomic mass is 19.3. The fourth-order valence-corrected chi connectivity index (χ4v) is 3.95. The fraction of sp³-hybridized carbons (Fsp3) is 0.440. The first-order valence-electron chi connectivity index (χ1n) is 10.7. The summed E-state index contributed by atoms with van der Waals surface area (Å²) in [5, 5.41) is 0. The van der Waals surface area contributed by atoms with Crippen molar-refractivity contribution in [1.29, 1.82) is 0 Å². The minimum Gasteiger partial charge on any atom is -0.494 e. The molecule has 1 fully saturated rings. The van der Waals surface area contributed by atoms with E-state index >= 15 is 0 Å². The molecular formula is C25H29F3O3. The molecule has 0 spiro atoms. The van der Waals surface area contributed by atoms with Crippen LogP contribution in [0.15, 0.2) is 49.1 Å². The second-order valence-corrected chi connectivity index (χ2v) is 7.63. The molecule has 168 valence electrons. The zero-order valence-corrected chi connectivity index (χ0v) is 17.8. The van der Waals surface area contributed by atoms with Gasteiger partial charge in [0.1, 0.15) is 12.4 Å².